The van der Waals surface area contributed by atoms with Gasteiger partial charge in [0.15, 0.2) is 0 Å². The minimum absolute atomic E-state index is 0.336. The van der Waals surface area contributed by atoms with Crippen LogP contribution in [-0.4, -0.2) is 28.6 Å². The van der Waals surface area contributed by atoms with E-state index in [1.165, 1.54) is 0 Å². The van der Waals surface area contributed by atoms with E-state index in [4.69, 9.17) is 11.0 Å². The van der Waals surface area contributed by atoms with Crippen molar-refractivity contribution in [2.75, 3.05) is 11.4 Å². The molecule has 1 saturated carbocycles. The van der Waals surface area contributed by atoms with Crippen molar-refractivity contribution in [2.24, 2.45) is 5.73 Å². The van der Waals surface area contributed by atoms with Crippen LogP contribution in [0.15, 0.2) is 6.07 Å². The third-order valence-electron chi connectivity index (χ3n) is 3.74. The summed E-state index contributed by atoms with van der Waals surface area (Å²) in [6, 6.07) is 4.59. The van der Waals surface area contributed by atoms with Gasteiger partial charge >= 0.3 is 0 Å². The van der Waals surface area contributed by atoms with Crippen LogP contribution < -0.4 is 10.6 Å². The second kappa shape index (κ2) is 5.98. The van der Waals surface area contributed by atoms with Crippen molar-refractivity contribution in [1.29, 1.82) is 5.26 Å². The van der Waals surface area contributed by atoms with Gasteiger partial charge in [-0.05, 0) is 45.6 Å². The first kappa shape index (κ1) is 13.8. The average Bonchev–Trinajstić information content (AvgIpc) is 2.41. The summed E-state index contributed by atoms with van der Waals surface area (Å²) in [6.45, 7) is 4.86. The summed E-state index contributed by atoms with van der Waals surface area (Å²) in [5.41, 5.74) is 7.23. The first-order chi connectivity index (χ1) is 9.13. The van der Waals surface area contributed by atoms with Crippen LogP contribution in [-0.2, 0) is 0 Å². The van der Waals surface area contributed by atoms with E-state index < -0.39 is 0 Å². The molecule has 0 amide bonds. The van der Waals surface area contributed by atoms with Gasteiger partial charge in [0.05, 0.1) is 0 Å². The summed E-state index contributed by atoms with van der Waals surface area (Å²) in [6.07, 6.45) is 4.26. The first-order valence-corrected chi connectivity index (χ1v) is 6.92. The third kappa shape index (κ3) is 3.21. The van der Waals surface area contributed by atoms with Crippen molar-refractivity contribution in [3.8, 4) is 6.07 Å². The molecule has 0 saturated heterocycles. The van der Waals surface area contributed by atoms with Crippen LogP contribution in [0, 0.1) is 18.3 Å². The highest BCUT2D eigenvalue weighted by Crippen LogP contribution is 2.25. The average molecular weight is 259 g/mol. The largest absolute Gasteiger partial charge is 0.338 e. The van der Waals surface area contributed by atoms with Gasteiger partial charge in [0.2, 0.25) is 5.95 Å². The summed E-state index contributed by atoms with van der Waals surface area (Å²) >= 11 is 0. The number of hydrogen-bond acceptors (Lipinski definition) is 5. The second-order valence-corrected chi connectivity index (χ2v) is 5.16. The Kier molecular flexibility index (Phi) is 4.33. The topological polar surface area (TPSA) is 78.8 Å². The second-order valence-electron chi connectivity index (χ2n) is 5.16. The van der Waals surface area contributed by atoms with Crippen LogP contribution in [0.5, 0.6) is 0 Å². The molecule has 0 radical (unpaired) electrons. The highest BCUT2D eigenvalue weighted by Gasteiger charge is 2.25. The number of nitriles is 1. The maximum Gasteiger partial charge on any atom is 0.227 e. The number of rotatable bonds is 3. The Morgan fingerprint density at radius 3 is 2.63 bits per heavy atom. The molecule has 5 nitrogen and oxygen atoms in total. The number of hydrogen-bond donors (Lipinski definition) is 1. The predicted octanol–water partition coefficient (Wildman–Crippen LogP) is 1.75. The van der Waals surface area contributed by atoms with Crippen LogP contribution >= 0.6 is 0 Å². The lowest BCUT2D eigenvalue weighted by atomic mass is 9.91. The molecule has 1 aromatic heterocycles. The molecule has 0 aromatic carbocycles. The molecule has 2 N–H and O–H groups in total. The van der Waals surface area contributed by atoms with Crippen LogP contribution in [0.2, 0.25) is 0 Å². The number of nitrogens with zero attached hydrogens (tertiary/aromatic N) is 4. The quantitative estimate of drug-likeness (QED) is 0.894. The highest BCUT2D eigenvalue weighted by molar-refractivity contribution is 5.37. The third-order valence-corrected chi connectivity index (χ3v) is 3.74. The molecule has 0 aliphatic heterocycles. The number of aromatic nitrogens is 2. The van der Waals surface area contributed by atoms with Gasteiger partial charge in [-0.15, -0.1) is 0 Å². The lowest BCUT2D eigenvalue weighted by Gasteiger charge is -2.35. The van der Waals surface area contributed by atoms with Gasteiger partial charge in [0.1, 0.15) is 11.8 Å². The van der Waals surface area contributed by atoms with Crippen LogP contribution in [0.25, 0.3) is 0 Å². The van der Waals surface area contributed by atoms with Gasteiger partial charge in [-0.25, -0.2) is 9.97 Å². The molecule has 0 atom stereocenters. The standard InChI is InChI=1S/C14H21N5/c1-3-19(13-6-4-11(16)5-7-13)14-17-10(2)8-12(9-15)18-14/h8,11,13H,3-7,16H2,1-2H3. The van der Waals surface area contributed by atoms with Gasteiger partial charge in [-0.1, -0.05) is 0 Å². The molecule has 1 fully saturated rings. The molecule has 102 valence electrons. The van der Waals surface area contributed by atoms with Gasteiger partial charge in [-0.2, -0.15) is 5.26 Å². The Balaban J connectivity index is 2.22. The molecule has 1 heterocycles. The minimum Gasteiger partial charge on any atom is -0.338 e. The number of aryl methyl sites for hydroxylation is 1. The summed E-state index contributed by atoms with van der Waals surface area (Å²) in [7, 11) is 0. The molecule has 0 spiro atoms. The smallest absolute Gasteiger partial charge is 0.227 e. The first-order valence-electron chi connectivity index (χ1n) is 6.92. The molecule has 5 heteroatoms. The molecule has 1 aliphatic rings. The van der Waals surface area contributed by atoms with Crippen LogP contribution in [0.4, 0.5) is 5.95 Å². The van der Waals surface area contributed by atoms with E-state index in [1.54, 1.807) is 6.07 Å². The monoisotopic (exact) mass is 259 g/mol. The van der Waals surface area contributed by atoms with E-state index in [2.05, 4.69) is 27.9 Å². The van der Waals surface area contributed by atoms with E-state index in [9.17, 15) is 0 Å². The summed E-state index contributed by atoms with van der Waals surface area (Å²) < 4.78 is 0. The van der Waals surface area contributed by atoms with Crippen molar-refractivity contribution in [1.82, 2.24) is 9.97 Å². The molecule has 2 rings (SSSR count). The SMILES string of the molecule is CCN(c1nc(C)cc(C#N)n1)C1CCC(N)CC1. The van der Waals surface area contributed by atoms with E-state index in [0.29, 0.717) is 23.7 Å². The van der Waals surface area contributed by atoms with E-state index in [0.717, 1.165) is 37.9 Å². The zero-order valence-corrected chi connectivity index (χ0v) is 11.6. The fourth-order valence-corrected chi connectivity index (χ4v) is 2.71. The Bertz CT molecular complexity index is 471. The fourth-order valence-electron chi connectivity index (χ4n) is 2.71. The fraction of sp³-hybridized carbons (Fsp3) is 0.643. The Morgan fingerprint density at radius 2 is 2.05 bits per heavy atom. The van der Waals surface area contributed by atoms with Crippen LogP contribution in [0.3, 0.4) is 0 Å². The van der Waals surface area contributed by atoms with Crippen molar-refractivity contribution >= 4 is 5.95 Å². The van der Waals surface area contributed by atoms with E-state index >= 15 is 0 Å². The number of nitrogens with two attached hydrogens (primary N) is 1. The predicted molar refractivity (Wildman–Crippen MR) is 74.7 cm³/mol. The lowest BCUT2D eigenvalue weighted by Crippen LogP contribution is -2.41. The van der Waals surface area contributed by atoms with Gasteiger partial charge < -0.3 is 10.6 Å². The molecule has 1 aromatic rings. The summed E-state index contributed by atoms with van der Waals surface area (Å²) in [5, 5.41) is 9.01. The molecule has 0 unspecified atom stereocenters. The van der Waals surface area contributed by atoms with E-state index in [-0.39, 0.29) is 0 Å². The maximum absolute atomic E-state index is 9.01. The summed E-state index contributed by atoms with van der Waals surface area (Å²) in [4.78, 5) is 11.0. The maximum atomic E-state index is 9.01. The van der Waals surface area contributed by atoms with Gasteiger partial charge in [0, 0.05) is 24.3 Å². The molecular weight excluding hydrogens is 238 g/mol. The van der Waals surface area contributed by atoms with E-state index in [1.807, 2.05) is 6.92 Å². The normalized spacial score (nSPS) is 22.8. The zero-order valence-electron chi connectivity index (χ0n) is 11.6. The van der Waals surface area contributed by atoms with Gasteiger partial charge in [-0.3, -0.25) is 0 Å². The van der Waals surface area contributed by atoms with Gasteiger partial charge in [0.25, 0.3) is 0 Å². The Morgan fingerprint density at radius 1 is 1.37 bits per heavy atom. The number of anilines is 1. The minimum atomic E-state index is 0.336. The highest BCUT2D eigenvalue weighted by atomic mass is 15.3. The molecule has 1 aliphatic carbocycles. The van der Waals surface area contributed by atoms with Crippen molar-refractivity contribution < 1.29 is 0 Å². The lowest BCUT2D eigenvalue weighted by molar-refractivity contribution is 0.375. The van der Waals surface area contributed by atoms with Crippen molar-refractivity contribution in [3.63, 3.8) is 0 Å². The zero-order chi connectivity index (χ0) is 13.8. The molecular formula is C14H21N5. The van der Waals surface area contributed by atoms with Crippen molar-refractivity contribution in [2.45, 2.75) is 51.6 Å². The Hall–Kier alpha value is -1.67. The van der Waals surface area contributed by atoms with Crippen molar-refractivity contribution in [3.05, 3.63) is 17.5 Å². The molecule has 0 bridgehead atoms. The Labute approximate surface area is 114 Å². The van der Waals surface area contributed by atoms with Crippen LogP contribution in [0.1, 0.15) is 44.0 Å². The molecule has 19 heavy (non-hydrogen) atoms. The summed E-state index contributed by atoms with van der Waals surface area (Å²) in [5.74, 6) is 0.680.